The van der Waals surface area contributed by atoms with Crippen LogP contribution in [0.5, 0.6) is 0 Å². The van der Waals surface area contributed by atoms with E-state index in [9.17, 15) is 4.79 Å². The monoisotopic (exact) mass is 305 g/mol. The Morgan fingerprint density at radius 1 is 1.22 bits per heavy atom. The smallest absolute Gasteiger partial charge is 0.167 e. The van der Waals surface area contributed by atoms with Gasteiger partial charge in [-0.2, -0.15) is 0 Å². The number of hydrogen-bond acceptors (Lipinski definition) is 4. The van der Waals surface area contributed by atoms with Crippen LogP contribution in [0.2, 0.25) is 0 Å². The lowest BCUT2D eigenvalue weighted by Gasteiger charge is -2.24. The zero-order valence-corrected chi connectivity index (χ0v) is 13.0. The van der Waals surface area contributed by atoms with Gasteiger partial charge < -0.3 is 15.5 Å². The maximum Gasteiger partial charge on any atom is 0.167 e. The fourth-order valence-corrected chi connectivity index (χ4v) is 3.56. The first kappa shape index (κ1) is 13.9. The summed E-state index contributed by atoms with van der Waals surface area (Å²) < 4.78 is 0. The van der Waals surface area contributed by atoms with E-state index in [0.717, 1.165) is 17.9 Å². The second-order valence-corrected chi connectivity index (χ2v) is 5.89. The van der Waals surface area contributed by atoms with Crippen molar-refractivity contribution >= 4 is 17.2 Å². The Balaban J connectivity index is 1.67. The molecule has 2 N–H and O–H groups in total. The third-order valence-corrected chi connectivity index (χ3v) is 4.66. The van der Waals surface area contributed by atoms with E-state index in [1.165, 1.54) is 16.8 Å². The van der Waals surface area contributed by atoms with Gasteiger partial charge in [-0.1, -0.05) is 36.4 Å². The second-order valence-electron chi connectivity index (χ2n) is 5.89. The van der Waals surface area contributed by atoms with Gasteiger partial charge in [-0.05, 0) is 17.7 Å². The Bertz CT molecular complexity index is 797. The van der Waals surface area contributed by atoms with E-state index in [2.05, 4.69) is 33.7 Å². The number of ketones is 1. The van der Waals surface area contributed by atoms with Crippen LogP contribution in [0, 0.1) is 0 Å². The van der Waals surface area contributed by atoms with Crippen molar-refractivity contribution in [3.63, 3.8) is 0 Å². The molecule has 0 saturated heterocycles. The Labute approximate surface area is 135 Å². The first-order valence-corrected chi connectivity index (χ1v) is 7.89. The molecule has 4 heteroatoms. The van der Waals surface area contributed by atoms with Gasteiger partial charge in [0, 0.05) is 36.5 Å². The van der Waals surface area contributed by atoms with Crippen molar-refractivity contribution in [1.82, 2.24) is 10.2 Å². The van der Waals surface area contributed by atoms with Gasteiger partial charge in [0.15, 0.2) is 5.78 Å². The highest BCUT2D eigenvalue weighted by Gasteiger charge is 2.36. The number of rotatable bonds is 4. The van der Waals surface area contributed by atoms with Gasteiger partial charge in [-0.25, -0.2) is 0 Å². The van der Waals surface area contributed by atoms with Crippen molar-refractivity contribution in [3.05, 3.63) is 71.4 Å². The molecule has 0 radical (unpaired) electrons. The van der Waals surface area contributed by atoms with Crippen molar-refractivity contribution in [1.29, 1.82) is 0 Å². The standard InChI is InChI=1S/C19H19N3O/c1-20-16-9-5-4-8-15(16)19(23)10-17-13-6-2-3-7-14(13)18-11-21-12-22(17)18/h2-9,11,17,20-21H,10,12H2,1H3. The van der Waals surface area contributed by atoms with Crippen LogP contribution >= 0.6 is 0 Å². The molecular weight excluding hydrogens is 286 g/mol. The molecule has 0 aliphatic carbocycles. The molecule has 4 nitrogen and oxygen atoms in total. The number of hydrogen-bond donors (Lipinski definition) is 2. The van der Waals surface area contributed by atoms with Crippen molar-refractivity contribution in [2.45, 2.75) is 12.5 Å². The lowest BCUT2D eigenvalue weighted by molar-refractivity contribution is 0.0951. The fourth-order valence-electron chi connectivity index (χ4n) is 3.56. The van der Waals surface area contributed by atoms with Crippen LogP contribution in [0.25, 0.3) is 5.70 Å². The zero-order valence-electron chi connectivity index (χ0n) is 13.0. The van der Waals surface area contributed by atoms with E-state index in [1.54, 1.807) is 0 Å². The van der Waals surface area contributed by atoms with E-state index < -0.39 is 0 Å². The van der Waals surface area contributed by atoms with Crippen LogP contribution in [-0.2, 0) is 0 Å². The molecule has 4 rings (SSSR count). The highest BCUT2D eigenvalue weighted by molar-refractivity contribution is 6.01. The van der Waals surface area contributed by atoms with Crippen LogP contribution in [0.15, 0.2) is 54.7 Å². The SMILES string of the molecule is CNc1ccccc1C(=O)CC1c2ccccc2C2=CNCN21. The minimum Gasteiger partial charge on any atom is -0.388 e. The lowest BCUT2D eigenvalue weighted by Crippen LogP contribution is -2.26. The van der Waals surface area contributed by atoms with E-state index in [4.69, 9.17) is 0 Å². The number of para-hydroxylation sites is 1. The maximum atomic E-state index is 12.9. The molecule has 0 fully saturated rings. The van der Waals surface area contributed by atoms with Gasteiger partial charge >= 0.3 is 0 Å². The number of nitrogens with zero attached hydrogens (tertiary/aromatic N) is 1. The number of nitrogens with one attached hydrogen (secondary N) is 2. The molecule has 116 valence electrons. The van der Waals surface area contributed by atoms with E-state index in [1.807, 2.05) is 43.6 Å². The largest absolute Gasteiger partial charge is 0.388 e. The molecule has 23 heavy (non-hydrogen) atoms. The molecule has 2 aliphatic rings. The summed E-state index contributed by atoms with van der Waals surface area (Å²) in [7, 11) is 1.85. The van der Waals surface area contributed by atoms with E-state index in [-0.39, 0.29) is 11.8 Å². The number of Topliss-reactive ketones (excluding diaryl/α,β-unsaturated/α-hetero) is 1. The molecule has 2 aliphatic heterocycles. The van der Waals surface area contributed by atoms with Crippen molar-refractivity contribution in [2.75, 3.05) is 19.0 Å². The third kappa shape index (κ3) is 2.18. The van der Waals surface area contributed by atoms with E-state index in [0.29, 0.717) is 6.42 Å². The van der Waals surface area contributed by atoms with Gasteiger partial charge in [-0.3, -0.25) is 4.79 Å². The van der Waals surface area contributed by atoms with Crippen molar-refractivity contribution in [3.8, 4) is 0 Å². The number of carbonyl (C=O) groups is 1. The Hall–Kier alpha value is -2.75. The van der Waals surface area contributed by atoms with Crippen LogP contribution in [0.3, 0.4) is 0 Å². The fraction of sp³-hybridized carbons (Fsp3) is 0.211. The van der Waals surface area contributed by atoms with Crippen molar-refractivity contribution < 1.29 is 4.79 Å². The average Bonchev–Trinajstić information content (AvgIpc) is 3.18. The molecule has 0 saturated carbocycles. The predicted octanol–water partition coefficient (Wildman–Crippen LogP) is 3.22. The van der Waals surface area contributed by atoms with Crippen LogP contribution in [0.1, 0.15) is 33.9 Å². The molecule has 0 aromatic heterocycles. The molecular formula is C19H19N3O. The van der Waals surface area contributed by atoms with Crippen LogP contribution in [0.4, 0.5) is 5.69 Å². The summed E-state index contributed by atoms with van der Waals surface area (Å²) >= 11 is 0. The molecule has 1 unspecified atom stereocenters. The summed E-state index contributed by atoms with van der Waals surface area (Å²) in [4.78, 5) is 15.2. The molecule has 2 aromatic rings. The first-order chi connectivity index (χ1) is 11.3. The third-order valence-electron chi connectivity index (χ3n) is 4.66. The molecule has 0 amide bonds. The predicted molar refractivity (Wildman–Crippen MR) is 91.9 cm³/mol. The lowest BCUT2D eigenvalue weighted by atomic mass is 9.96. The van der Waals surface area contributed by atoms with Gasteiger partial charge in [0.05, 0.1) is 18.4 Å². The van der Waals surface area contributed by atoms with Crippen LogP contribution in [-0.4, -0.2) is 24.4 Å². The molecule has 0 bridgehead atoms. The normalized spacial score (nSPS) is 18.0. The summed E-state index contributed by atoms with van der Waals surface area (Å²) in [6.07, 6.45) is 2.53. The van der Waals surface area contributed by atoms with Crippen LogP contribution < -0.4 is 10.6 Å². The molecule has 1 atom stereocenters. The minimum absolute atomic E-state index is 0.102. The molecule has 2 aromatic carbocycles. The number of carbonyl (C=O) groups excluding carboxylic acids is 1. The summed E-state index contributed by atoms with van der Waals surface area (Å²) in [6, 6.07) is 16.2. The topological polar surface area (TPSA) is 44.4 Å². The Morgan fingerprint density at radius 2 is 2.00 bits per heavy atom. The summed E-state index contributed by atoms with van der Waals surface area (Å²) in [6.45, 7) is 0.760. The molecule has 0 spiro atoms. The average molecular weight is 305 g/mol. The highest BCUT2D eigenvalue weighted by Crippen LogP contribution is 2.44. The van der Waals surface area contributed by atoms with E-state index >= 15 is 0 Å². The summed E-state index contributed by atoms with van der Waals surface area (Å²) in [5.74, 6) is 0.169. The Morgan fingerprint density at radius 3 is 2.87 bits per heavy atom. The van der Waals surface area contributed by atoms with Crippen molar-refractivity contribution in [2.24, 2.45) is 0 Å². The zero-order chi connectivity index (χ0) is 15.8. The Kier molecular flexibility index (Phi) is 3.30. The van der Waals surface area contributed by atoms with Gasteiger partial charge in [0.1, 0.15) is 0 Å². The number of fused-ring (bicyclic) bond motifs is 3. The van der Waals surface area contributed by atoms with Gasteiger partial charge in [-0.15, -0.1) is 0 Å². The number of benzene rings is 2. The minimum atomic E-state index is 0.102. The quantitative estimate of drug-likeness (QED) is 0.851. The first-order valence-electron chi connectivity index (χ1n) is 7.89. The summed E-state index contributed by atoms with van der Waals surface area (Å²) in [5, 5.41) is 6.38. The number of anilines is 1. The highest BCUT2D eigenvalue weighted by atomic mass is 16.1. The molecule has 2 heterocycles. The second kappa shape index (κ2) is 5.47. The maximum absolute atomic E-state index is 12.9. The van der Waals surface area contributed by atoms with Gasteiger partial charge in [0.25, 0.3) is 0 Å². The summed E-state index contributed by atoms with van der Waals surface area (Å²) in [5.41, 5.74) is 5.32. The van der Waals surface area contributed by atoms with Gasteiger partial charge in [0.2, 0.25) is 0 Å².